The number of halogens is 1. The molecule has 3 nitrogen and oxygen atoms in total. The van der Waals surface area contributed by atoms with Gasteiger partial charge in [-0.1, -0.05) is 32.1 Å². The minimum Gasteiger partial charge on any atom is -0.345 e. The van der Waals surface area contributed by atoms with Gasteiger partial charge in [-0.25, -0.2) is 4.39 Å². The molecule has 0 aliphatic carbocycles. The molecule has 0 aliphatic heterocycles. The van der Waals surface area contributed by atoms with Gasteiger partial charge in [0.25, 0.3) is 0 Å². The van der Waals surface area contributed by atoms with Gasteiger partial charge in [-0.2, -0.15) is 0 Å². The number of hydrogen-bond donors (Lipinski definition) is 0. The van der Waals surface area contributed by atoms with Crippen molar-refractivity contribution in [1.29, 1.82) is 0 Å². The molecule has 0 bridgehead atoms. The minimum absolute atomic E-state index is 0.0459. The number of aromatic nitrogens is 1. The third kappa shape index (κ3) is 4.55. The van der Waals surface area contributed by atoms with Crippen molar-refractivity contribution in [2.75, 3.05) is 6.54 Å². The van der Waals surface area contributed by atoms with Gasteiger partial charge in [-0.05, 0) is 29.8 Å². The van der Waals surface area contributed by atoms with E-state index in [4.69, 9.17) is 0 Å². The molecule has 2 rings (SSSR count). The lowest BCUT2D eigenvalue weighted by atomic mass is 10.2. The molecule has 0 unspecified atom stereocenters. The Morgan fingerprint density at radius 2 is 2.00 bits per heavy atom. The average molecular weight is 314 g/mol. The van der Waals surface area contributed by atoms with Gasteiger partial charge in [0, 0.05) is 30.9 Å². The van der Waals surface area contributed by atoms with Gasteiger partial charge >= 0.3 is 0 Å². The predicted molar refractivity (Wildman–Crippen MR) is 90.4 cm³/mol. The first-order valence-corrected chi connectivity index (χ1v) is 7.79. The SMILES string of the molecule is C=CCN(Cc1cccn1Cc1ccc(F)cc1)C(=O)C(C)C. The third-order valence-corrected chi connectivity index (χ3v) is 3.70. The number of benzene rings is 1. The van der Waals surface area contributed by atoms with Crippen LogP contribution in [0.15, 0.2) is 55.3 Å². The Balaban J connectivity index is 2.14. The Hall–Kier alpha value is -2.36. The molecule has 0 fully saturated rings. The number of amides is 1. The first-order chi connectivity index (χ1) is 11.0. The molecule has 0 N–H and O–H groups in total. The molecule has 1 heterocycles. The quantitative estimate of drug-likeness (QED) is 0.713. The average Bonchev–Trinajstić information content (AvgIpc) is 2.95. The van der Waals surface area contributed by atoms with E-state index in [9.17, 15) is 9.18 Å². The van der Waals surface area contributed by atoms with Gasteiger partial charge in [-0.3, -0.25) is 4.79 Å². The zero-order chi connectivity index (χ0) is 16.8. The fraction of sp³-hybridized carbons (Fsp3) is 0.316. The Kier molecular flexibility index (Phi) is 5.74. The molecule has 2 aromatic rings. The van der Waals surface area contributed by atoms with Crippen LogP contribution < -0.4 is 0 Å². The first kappa shape index (κ1) is 17.0. The lowest BCUT2D eigenvalue weighted by Crippen LogP contribution is -2.34. The van der Waals surface area contributed by atoms with E-state index < -0.39 is 0 Å². The van der Waals surface area contributed by atoms with Crippen molar-refractivity contribution in [3.8, 4) is 0 Å². The van der Waals surface area contributed by atoms with Crippen molar-refractivity contribution >= 4 is 5.91 Å². The van der Waals surface area contributed by atoms with Crippen molar-refractivity contribution in [2.45, 2.75) is 26.9 Å². The van der Waals surface area contributed by atoms with Gasteiger partial charge in [0.2, 0.25) is 5.91 Å². The van der Waals surface area contributed by atoms with E-state index >= 15 is 0 Å². The van der Waals surface area contributed by atoms with Crippen molar-refractivity contribution in [1.82, 2.24) is 9.47 Å². The largest absolute Gasteiger partial charge is 0.345 e. The molecule has 23 heavy (non-hydrogen) atoms. The molecule has 0 saturated carbocycles. The van der Waals surface area contributed by atoms with Gasteiger partial charge in [-0.15, -0.1) is 6.58 Å². The second-order valence-corrected chi connectivity index (χ2v) is 5.92. The van der Waals surface area contributed by atoms with Gasteiger partial charge in [0.1, 0.15) is 5.82 Å². The van der Waals surface area contributed by atoms with Crippen LogP contribution in [0, 0.1) is 11.7 Å². The van der Waals surface area contributed by atoms with E-state index in [-0.39, 0.29) is 17.6 Å². The van der Waals surface area contributed by atoms with E-state index in [1.54, 1.807) is 23.1 Å². The molecule has 0 aliphatic rings. The zero-order valence-corrected chi connectivity index (χ0v) is 13.7. The molecule has 1 aromatic heterocycles. The topological polar surface area (TPSA) is 25.2 Å². The Morgan fingerprint density at radius 3 is 2.61 bits per heavy atom. The number of rotatable bonds is 7. The molecule has 0 atom stereocenters. The van der Waals surface area contributed by atoms with Crippen LogP contribution >= 0.6 is 0 Å². The second kappa shape index (κ2) is 7.77. The highest BCUT2D eigenvalue weighted by Crippen LogP contribution is 2.13. The van der Waals surface area contributed by atoms with Crippen molar-refractivity contribution in [3.63, 3.8) is 0 Å². The number of nitrogens with zero attached hydrogens (tertiary/aromatic N) is 2. The molecule has 0 radical (unpaired) electrons. The van der Waals surface area contributed by atoms with Crippen LogP contribution in [-0.2, 0) is 17.9 Å². The fourth-order valence-electron chi connectivity index (χ4n) is 2.48. The molecule has 0 spiro atoms. The zero-order valence-electron chi connectivity index (χ0n) is 13.7. The minimum atomic E-state index is -0.235. The fourth-order valence-corrected chi connectivity index (χ4v) is 2.48. The third-order valence-electron chi connectivity index (χ3n) is 3.70. The smallest absolute Gasteiger partial charge is 0.225 e. The van der Waals surface area contributed by atoms with Crippen LogP contribution in [0.25, 0.3) is 0 Å². The summed E-state index contributed by atoms with van der Waals surface area (Å²) >= 11 is 0. The number of hydrogen-bond acceptors (Lipinski definition) is 1. The highest BCUT2D eigenvalue weighted by Gasteiger charge is 2.17. The summed E-state index contributed by atoms with van der Waals surface area (Å²) in [4.78, 5) is 14.1. The van der Waals surface area contributed by atoms with Crippen molar-refractivity contribution < 1.29 is 9.18 Å². The van der Waals surface area contributed by atoms with E-state index in [1.807, 2.05) is 32.2 Å². The summed E-state index contributed by atoms with van der Waals surface area (Å²) in [5, 5.41) is 0. The van der Waals surface area contributed by atoms with Crippen LogP contribution in [0.3, 0.4) is 0 Å². The lowest BCUT2D eigenvalue weighted by molar-refractivity contribution is -0.134. The monoisotopic (exact) mass is 314 g/mol. The molecular weight excluding hydrogens is 291 g/mol. The summed E-state index contributed by atoms with van der Waals surface area (Å²) in [7, 11) is 0. The molecule has 1 amide bonds. The van der Waals surface area contributed by atoms with Gasteiger partial charge in [0.05, 0.1) is 6.54 Å². The van der Waals surface area contributed by atoms with Crippen LogP contribution in [0.1, 0.15) is 25.1 Å². The van der Waals surface area contributed by atoms with Crippen LogP contribution in [0.5, 0.6) is 0 Å². The summed E-state index contributed by atoms with van der Waals surface area (Å²) in [6.45, 7) is 9.25. The van der Waals surface area contributed by atoms with Crippen molar-refractivity contribution in [3.05, 3.63) is 72.3 Å². The van der Waals surface area contributed by atoms with Gasteiger partial charge in [0.15, 0.2) is 0 Å². The highest BCUT2D eigenvalue weighted by molar-refractivity contribution is 5.78. The summed E-state index contributed by atoms with van der Waals surface area (Å²) in [5.41, 5.74) is 2.07. The molecule has 1 aromatic carbocycles. The Labute approximate surface area is 137 Å². The van der Waals surface area contributed by atoms with Crippen molar-refractivity contribution in [2.24, 2.45) is 5.92 Å². The molecule has 122 valence electrons. The van der Waals surface area contributed by atoms with E-state index in [2.05, 4.69) is 11.1 Å². The maximum absolute atomic E-state index is 13.0. The van der Waals surface area contributed by atoms with E-state index in [1.165, 1.54) is 12.1 Å². The van der Waals surface area contributed by atoms with Crippen LogP contribution in [0.2, 0.25) is 0 Å². The summed E-state index contributed by atoms with van der Waals surface area (Å²) in [6.07, 6.45) is 3.72. The Morgan fingerprint density at radius 1 is 1.30 bits per heavy atom. The van der Waals surface area contributed by atoms with Crippen LogP contribution in [-0.4, -0.2) is 21.9 Å². The maximum atomic E-state index is 13.0. The standard InChI is InChI=1S/C19H23FN2O/c1-4-11-22(19(23)15(2)3)14-18-6-5-12-21(18)13-16-7-9-17(20)10-8-16/h4-10,12,15H,1,11,13-14H2,2-3H3. The summed E-state index contributed by atoms with van der Waals surface area (Å²) in [6, 6.07) is 10.5. The van der Waals surface area contributed by atoms with Gasteiger partial charge < -0.3 is 9.47 Å². The summed E-state index contributed by atoms with van der Waals surface area (Å²) < 4.78 is 15.1. The predicted octanol–water partition coefficient (Wildman–Crippen LogP) is 3.85. The summed E-state index contributed by atoms with van der Waals surface area (Å²) in [5.74, 6) is -0.170. The number of carbonyl (C=O) groups is 1. The second-order valence-electron chi connectivity index (χ2n) is 5.92. The van der Waals surface area contributed by atoms with E-state index in [0.29, 0.717) is 19.6 Å². The normalized spacial score (nSPS) is 10.8. The molecule has 4 heteroatoms. The molecular formula is C19H23FN2O. The molecule has 0 saturated heterocycles. The van der Waals surface area contributed by atoms with Crippen LogP contribution in [0.4, 0.5) is 4.39 Å². The number of carbonyl (C=O) groups excluding carboxylic acids is 1. The first-order valence-electron chi connectivity index (χ1n) is 7.79. The van der Waals surface area contributed by atoms with E-state index in [0.717, 1.165) is 11.3 Å². The maximum Gasteiger partial charge on any atom is 0.225 e. The Bertz CT molecular complexity index is 658. The lowest BCUT2D eigenvalue weighted by Gasteiger charge is -2.24. The highest BCUT2D eigenvalue weighted by atomic mass is 19.1.